The molecule has 90 valence electrons. The summed E-state index contributed by atoms with van der Waals surface area (Å²) < 4.78 is 0. The van der Waals surface area contributed by atoms with Gasteiger partial charge < -0.3 is 67.9 Å². The van der Waals surface area contributed by atoms with Crippen LogP contribution in [0.15, 0.2) is 0 Å². The SMILES string of the molecule is O.O.O.O.O.O.OCCO.[Cl-].[Cl-].[Mg+2]. The van der Waals surface area contributed by atoms with Crippen LogP contribution in [0.2, 0.25) is 0 Å². The normalized spacial score (nSPS) is 2.31. The molecule has 0 fully saturated rings. The summed E-state index contributed by atoms with van der Waals surface area (Å²) >= 11 is 0. The van der Waals surface area contributed by atoms with Gasteiger partial charge in [0.15, 0.2) is 0 Å². The van der Waals surface area contributed by atoms with Crippen LogP contribution in [-0.4, -0.2) is 79.3 Å². The van der Waals surface area contributed by atoms with Crippen LogP contribution < -0.4 is 24.8 Å². The summed E-state index contributed by atoms with van der Waals surface area (Å²) in [5.74, 6) is 0. The zero-order valence-electron chi connectivity index (χ0n) is 6.77. The molecular formula is C2H18Cl2MgO8. The summed E-state index contributed by atoms with van der Waals surface area (Å²) in [5, 5.41) is 15.2. The van der Waals surface area contributed by atoms with Crippen LogP contribution in [0, 0.1) is 0 Å². The molecule has 0 aliphatic rings. The summed E-state index contributed by atoms with van der Waals surface area (Å²) in [7, 11) is 0. The van der Waals surface area contributed by atoms with Gasteiger partial charge in [-0.1, -0.05) is 0 Å². The van der Waals surface area contributed by atoms with Crippen molar-refractivity contribution >= 4 is 23.1 Å². The minimum atomic E-state index is -0.125. The maximum absolute atomic E-state index is 7.62. The van der Waals surface area contributed by atoms with Crippen molar-refractivity contribution in [2.45, 2.75) is 0 Å². The molecule has 0 aliphatic carbocycles. The second-order valence-electron chi connectivity index (χ2n) is 0.447. The van der Waals surface area contributed by atoms with Crippen LogP contribution in [0.5, 0.6) is 0 Å². The van der Waals surface area contributed by atoms with E-state index in [0.717, 1.165) is 0 Å². The second-order valence-corrected chi connectivity index (χ2v) is 0.447. The zero-order valence-corrected chi connectivity index (χ0v) is 9.70. The van der Waals surface area contributed by atoms with Gasteiger partial charge in [-0.15, -0.1) is 0 Å². The van der Waals surface area contributed by atoms with Crippen molar-refractivity contribution in [1.29, 1.82) is 0 Å². The van der Waals surface area contributed by atoms with Crippen LogP contribution in [0.3, 0.4) is 0 Å². The molecule has 0 saturated heterocycles. The number of halogens is 2. The molecule has 0 aliphatic heterocycles. The van der Waals surface area contributed by atoms with Gasteiger partial charge in [-0.05, 0) is 0 Å². The van der Waals surface area contributed by atoms with E-state index in [1.54, 1.807) is 0 Å². The van der Waals surface area contributed by atoms with E-state index in [9.17, 15) is 0 Å². The smallest absolute Gasteiger partial charge is 1.00 e. The van der Waals surface area contributed by atoms with Gasteiger partial charge in [0.05, 0.1) is 13.2 Å². The summed E-state index contributed by atoms with van der Waals surface area (Å²) in [6.45, 7) is -0.250. The zero-order chi connectivity index (χ0) is 3.41. The second kappa shape index (κ2) is 206. The Bertz CT molecular complexity index is 22.1. The van der Waals surface area contributed by atoms with Gasteiger partial charge in [0.2, 0.25) is 0 Å². The van der Waals surface area contributed by atoms with Gasteiger partial charge in [-0.25, -0.2) is 0 Å². The van der Waals surface area contributed by atoms with Gasteiger partial charge in [0.1, 0.15) is 0 Å². The molecule has 13 heavy (non-hydrogen) atoms. The summed E-state index contributed by atoms with van der Waals surface area (Å²) in [6, 6.07) is 0. The number of hydrogen-bond donors (Lipinski definition) is 2. The molecule has 0 aromatic rings. The fourth-order valence-electron chi connectivity index (χ4n) is 0. The van der Waals surface area contributed by atoms with Crippen molar-refractivity contribution in [3.63, 3.8) is 0 Å². The first kappa shape index (κ1) is 147. The van der Waals surface area contributed by atoms with E-state index < -0.39 is 0 Å². The molecule has 14 N–H and O–H groups in total. The van der Waals surface area contributed by atoms with E-state index in [1.165, 1.54) is 0 Å². The predicted octanol–water partition coefficient (Wildman–Crippen LogP) is -12.3. The maximum atomic E-state index is 7.62. The molecule has 0 aromatic heterocycles. The molecule has 0 atom stereocenters. The molecule has 0 radical (unpaired) electrons. The Morgan fingerprint density at radius 3 is 0.615 bits per heavy atom. The van der Waals surface area contributed by atoms with Crippen LogP contribution in [0.25, 0.3) is 0 Å². The number of hydrogen-bond acceptors (Lipinski definition) is 2. The average Bonchev–Trinajstić information content (AvgIpc) is 1.37. The van der Waals surface area contributed by atoms with Crippen molar-refractivity contribution in [1.82, 2.24) is 0 Å². The first-order valence-electron chi connectivity index (χ1n) is 1.13. The third-order valence-corrected chi connectivity index (χ3v) is 0.1000. The molecule has 0 saturated carbocycles. The molecule has 0 amide bonds. The van der Waals surface area contributed by atoms with Gasteiger partial charge in [0.25, 0.3) is 0 Å². The minimum Gasteiger partial charge on any atom is -1.00 e. The predicted molar refractivity (Wildman–Crippen MR) is 41.6 cm³/mol. The van der Waals surface area contributed by atoms with E-state index in [4.69, 9.17) is 10.2 Å². The van der Waals surface area contributed by atoms with Crippen molar-refractivity contribution < 1.29 is 67.9 Å². The first-order chi connectivity index (χ1) is 1.91. The average molecular weight is 265 g/mol. The standard InChI is InChI=1S/C2H6O2.2ClH.Mg.6H2O/c3-1-2-4;;;;;;;;;/h3-4H,1-2H2;2*1H;;6*1H2/q;;;+2;;;;;;/p-2. The van der Waals surface area contributed by atoms with Crippen molar-refractivity contribution in [2.75, 3.05) is 13.2 Å². The number of aliphatic hydroxyl groups is 2. The topological polar surface area (TPSA) is 229 Å². The van der Waals surface area contributed by atoms with Gasteiger partial charge in [-0.3, -0.25) is 0 Å². The molecule has 11 heteroatoms. The van der Waals surface area contributed by atoms with Crippen LogP contribution >= 0.6 is 0 Å². The van der Waals surface area contributed by atoms with E-state index >= 15 is 0 Å². The Balaban J connectivity index is -0.00000000125. The van der Waals surface area contributed by atoms with Gasteiger partial charge >= 0.3 is 23.1 Å². The van der Waals surface area contributed by atoms with E-state index in [2.05, 4.69) is 0 Å². The Kier molecular flexibility index (Phi) is 2320. The quantitative estimate of drug-likeness (QED) is 0.439. The summed E-state index contributed by atoms with van der Waals surface area (Å²) in [4.78, 5) is 0. The summed E-state index contributed by atoms with van der Waals surface area (Å²) in [5.41, 5.74) is 0. The van der Waals surface area contributed by atoms with Crippen LogP contribution in [-0.2, 0) is 0 Å². The number of aliphatic hydroxyl groups excluding tert-OH is 2. The molecule has 0 spiro atoms. The Morgan fingerprint density at radius 2 is 0.615 bits per heavy atom. The molecule has 8 nitrogen and oxygen atoms in total. The molecular weight excluding hydrogens is 247 g/mol. The molecule has 0 bridgehead atoms. The van der Waals surface area contributed by atoms with Gasteiger partial charge in [-0.2, -0.15) is 0 Å². The third kappa shape index (κ3) is 386. The fourth-order valence-corrected chi connectivity index (χ4v) is 0. The van der Waals surface area contributed by atoms with E-state index in [-0.39, 0.29) is 93.9 Å². The Labute approximate surface area is 104 Å². The molecule has 0 aromatic carbocycles. The van der Waals surface area contributed by atoms with Crippen LogP contribution in [0.4, 0.5) is 0 Å². The fraction of sp³-hybridized carbons (Fsp3) is 1.00. The van der Waals surface area contributed by atoms with E-state index in [0.29, 0.717) is 0 Å². The molecule has 0 unspecified atom stereocenters. The first-order valence-corrected chi connectivity index (χ1v) is 1.13. The monoisotopic (exact) mass is 264 g/mol. The maximum Gasteiger partial charge on any atom is 2.00 e. The van der Waals surface area contributed by atoms with Crippen LogP contribution in [0.1, 0.15) is 0 Å². The third-order valence-electron chi connectivity index (χ3n) is 0.1000. The minimum absolute atomic E-state index is 0. The number of rotatable bonds is 1. The van der Waals surface area contributed by atoms with Crippen molar-refractivity contribution in [2.24, 2.45) is 0 Å². The van der Waals surface area contributed by atoms with Crippen molar-refractivity contribution in [3.05, 3.63) is 0 Å². The van der Waals surface area contributed by atoms with Gasteiger partial charge in [0, 0.05) is 0 Å². The van der Waals surface area contributed by atoms with E-state index in [1.807, 2.05) is 0 Å². The summed E-state index contributed by atoms with van der Waals surface area (Å²) in [6.07, 6.45) is 0. The van der Waals surface area contributed by atoms with Crippen molar-refractivity contribution in [3.8, 4) is 0 Å². The Hall–Kier alpha value is 1.03. The molecule has 0 heterocycles. The molecule has 0 rings (SSSR count). The largest absolute Gasteiger partial charge is 2.00 e. The Morgan fingerprint density at radius 1 is 0.538 bits per heavy atom.